The third-order valence-corrected chi connectivity index (χ3v) is 6.34. The molecule has 0 aromatic heterocycles. The van der Waals surface area contributed by atoms with Gasteiger partial charge < -0.3 is 20.1 Å². The smallest absolute Gasteiger partial charge is 0.252 e. The van der Waals surface area contributed by atoms with Crippen LogP contribution in [-0.4, -0.2) is 62.0 Å². The van der Waals surface area contributed by atoms with Gasteiger partial charge in [0, 0.05) is 63.2 Å². The van der Waals surface area contributed by atoms with Crippen molar-refractivity contribution in [1.29, 1.82) is 0 Å². The van der Waals surface area contributed by atoms with Gasteiger partial charge in [0.1, 0.15) is 12.4 Å². The molecule has 0 radical (unpaired) electrons. The van der Waals surface area contributed by atoms with Crippen molar-refractivity contribution in [3.05, 3.63) is 64.7 Å². The van der Waals surface area contributed by atoms with Gasteiger partial charge in [-0.1, -0.05) is 30.3 Å². The molecule has 3 aliphatic heterocycles. The molecule has 0 bridgehead atoms. The first-order valence-electron chi connectivity index (χ1n) is 12.5. The molecule has 0 spiro atoms. The van der Waals surface area contributed by atoms with Crippen LogP contribution in [0.25, 0.3) is 0 Å². The predicted molar refractivity (Wildman–Crippen MR) is 149 cm³/mol. The van der Waals surface area contributed by atoms with E-state index in [1.165, 1.54) is 5.56 Å². The lowest BCUT2D eigenvalue weighted by molar-refractivity contribution is -0.132. The van der Waals surface area contributed by atoms with E-state index in [4.69, 9.17) is 9.47 Å². The topological polar surface area (TPSA) is 109 Å². The Labute approximate surface area is 235 Å². The summed E-state index contributed by atoms with van der Waals surface area (Å²) in [5.74, 6) is 0.484. The monoisotopic (exact) mass is 566 g/mol. The van der Waals surface area contributed by atoms with Crippen LogP contribution in [0.3, 0.4) is 0 Å². The van der Waals surface area contributed by atoms with Crippen molar-refractivity contribution in [2.24, 2.45) is 0 Å². The molecule has 2 aromatic rings. The number of carbonyl (C=O) groups is 3. The summed E-state index contributed by atoms with van der Waals surface area (Å²) in [6.07, 6.45) is 1.72. The molecule has 0 unspecified atom stereocenters. The van der Waals surface area contributed by atoms with Crippen molar-refractivity contribution in [2.75, 3.05) is 39.4 Å². The molecule has 3 aliphatic rings. The largest absolute Gasteiger partial charge is 0.489 e. The van der Waals surface area contributed by atoms with Crippen molar-refractivity contribution < 1.29 is 23.9 Å². The maximum Gasteiger partial charge on any atom is 0.252 e. The number of hydrogen-bond donors (Lipinski definition) is 3. The zero-order chi connectivity index (χ0) is 25.2. The number of rotatable bonds is 8. The summed E-state index contributed by atoms with van der Waals surface area (Å²) in [5, 5.41) is 8.55. The molecule has 0 saturated carbocycles. The molecule has 3 heterocycles. The Bertz CT molecular complexity index is 1050. The molecule has 2 fully saturated rings. The quantitative estimate of drug-likeness (QED) is 0.333. The fourth-order valence-corrected chi connectivity index (χ4v) is 4.26. The lowest BCUT2D eigenvalue weighted by Gasteiger charge is -2.26. The van der Waals surface area contributed by atoms with Crippen molar-refractivity contribution in [1.82, 2.24) is 20.9 Å². The fraction of sp³-hybridized carbons (Fsp3) is 0.444. The van der Waals surface area contributed by atoms with Gasteiger partial charge in [-0.15, -0.1) is 24.8 Å². The number of benzene rings is 2. The molecular formula is C27H36Cl2N4O5. The number of hydrogen-bond acceptors (Lipinski definition) is 7. The summed E-state index contributed by atoms with van der Waals surface area (Å²) in [4.78, 5) is 34.9. The van der Waals surface area contributed by atoms with Gasteiger partial charge in [0.05, 0.1) is 13.2 Å². The van der Waals surface area contributed by atoms with E-state index < -0.39 is 0 Å². The Balaban J connectivity index is 0.000000438. The summed E-state index contributed by atoms with van der Waals surface area (Å²) >= 11 is 0. The number of amides is 3. The minimum Gasteiger partial charge on any atom is -0.489 e. The molecule has 5 rings (SSSR count). The predicted octanol–water partition coefficient (Wildman–Crippen LogP) is 2.59. The number of nitrogens with zero attached hydrogens (tertiary/aromatic N) is 1. The number of ether oxygens (including phenoxy) is 2. The van der Waals surface area contributed by atoms with Gasteiger partial charge in [0.15, 0.2) is 0 Å². The second kappa shape index (κ2) is 16.3. The van der Waals surface area contributed by atoms with Gasteiger partial charge in [-0.2, -0.15) is 0 Å². The lowest BCUT2D eigenvalue weighted by atomic mass is 10.1. The fourth-order valence-electron chi connectivity index (χ4n) is 4.26. The second-order valence-corrected chi connectivity index (χ2v) is 9.03. The van der Waals surface area contributed by atoms with Crippen LogP contribution in [0.2, 0.25) is 0 Å². The van der Waals surface area contributed by atoms with Crippen LogP contribution in [0, 0.1) is 0 Å². The van der Waals surface area contributed by atoms with Crippen LogP contribution in [0.1, 0.15) is 46.3 Å². The van der Waals surface area contributed by atoms with Crippen molar-refractivity contribution in [3.63, 3.8) is 0 Å². The minimum atomic E-state index is -0.138. The van der Waals surface area contributed by atoms with Gasteiger partial charge in [0.25, 0.3) is 5.91 Å². The number of morpholine rings is 1. The summed E-state index contributed by atoms with van der Waals surface area (Å²) in [6, 6.07) is 14.1. The third kappa shape index (κ3) is 9.56. The number of piperidine rings is 1. The first-order valence-corrected chi connectivity index (χ1v) is 12.5. The number of nitrogens with one attached hydrogen (secondary N) is 3. The van der Waals surface area contributed by atoms with Gasteiger partial charge in [0.2, 0.25) is 11.8 Å². The summed E-state index contributed by atoms with van der Waals surface area (Å²) in [6.45, 7) is 7.71. The average Bonchev–Trinajstić information content (AvgIpc) is 3.28. The Morgan fingerprint density at radius 2 is 1.61 bits per heavy atom. The van der Waals surface area contributed by atoms with Gasteiger partial charge >= 0.3 is 0 Å². The first-order chi connectivity index (χ1) is 17.6. The lowest BCUT2D eigenvalue weighted by Crippen LogP contribution is -2.40. The highest BCUT2D eigenvalue weighted by Crippen LogP contribution is 2.27. The molecule has 2 aromatic carbocycles. The van der Waals surface area contributed by atoms with Crippen molar-refractivity contribution >= 4 is 42.5 Å². The van der Waals surface area contributed by atoms with Crippen LogP contribution in [0.4, 0.5) is 0 Å². The van der Waals surface area contributed by atoms with E-state index in [0.29, 0.717) is 32.4 Å². The molecular weight excluding hydrogens is 531 g/mol. The summed E-state index contributed by atoms with van der Waals surface area (Å²) in [7, 11) is 0. The van der Waals surface area contributed by atoms with E-state index >= 15 is 0 Å². The molecule has 2 saturated heterocycles. The van der Waals surface area contributed by atoms with Crippen LogP contribution in [0.5, 0.6) is 5.75 Å². The van der Waals surface area contributed by atoms with E-state index in [9.17, 15) is 14.4 Å². The van der Waals surface area contributed by atoms with Gasteiger partial charge in [-0.3, -0.25) is 24.6 Å². The Morgan fingerprint density at radius 1 is 0.921 bits per heavy atom. The second-order valence-electron chi connectivity index (χ2n) is 9.03. The normalized spacial score (nSPS) is 16.6. The summed E-state index contributed by atoms with van der Waals surface area (Å²) in [5.41, 5.74) is 4.05. The van der Waals surface area contributed by atoms with E-state index in [1.54, 1.807) is 0 Å². The minimum absolute atomic E-state index is 0. The molecule has 38 heavy (non-hydrogen) atoms. The van der Waals surface area contributed by atoms with E-state index in [2.05, 4.69) is 45.1 Å². The Kier molecular flexibility index (Phi) is 13.5. The zero-order valence-electron chi connectivity index (χ0n) is 21.3. The average molecular weight is 568 g/mol. The summed E-state index contributed by atoms with van der Waals surface area (Å²) < 4.78 is 11.3. The number of imide groups is 1. The molecule has 0 atom stereocenters. The van der Waals surface area contributed by atoms with E-state index in [1.807, 2.05) is 18.2 Å². The Hall–Kier alpha value is -2.69. The van der Waals surface area contributed by atoms with Crippen molar-refractivity contribution in [3.8, 4) is 5.75 Å². The van der Waals surface area contributed by atoms with E-state index in [-0.39, 0.29) is 42.5 Å². The van der Waals surface area contributed by atoms with Gasteiger partial charge in [-0.05, 0) is 29.7 Å². The molecule has 11 heteroatoms. The standard InChI is InChI=1S/C22H27N3O3.C5H7NO2.2ClH/c26-22-19-2-1-3-21(20(19)15-24-22)28-16-18-6-4-17(5-7-18)14-23-8-9-25-10-12-27-13-11-25;7-4-2-1-3-5(8)6-4;;/h1-7,23H,8-16H2,(H,24,26);1-3H2,(H,6,7,8);2*1H. The van der Waals surface area contributed by atoms with Crippen LogP contribution < -0.4 is 20.7 Å². The maximum absolute atomic E-state index is 11.7. The maximum atomic E-state index is 11.7. The van der Waals surface area contributed by atoms with Crippen LogP contribution in [0.15, 0.2) is 42.5 Å². The molecule has 3 amide bonds. The Morgan fingerprint density at radius 3 is 2.26 bits per heavy atom. The molecule has 208 valence electrons. The van der Waals surface area contributed by atoms with Crippen molar-refractivity contribution in [2.45, 2.75) is 39.0 Å². The third-order valence-electron chi connectivity index (χ3n) is 6.34. The van der Waals surface area contributed by atoms with E-state index in [0.717, 1.165) is 68.4 Å². The molecule has 0 aliphatic carbocycles. The number of carbonyl (C=O) groups excluding carboxylic acids is 3. The SMILES string of the molecule is Cl.Cl.O=C1CCCC(=O)N1.O=C1NCc2c(OCc3ccc(CNCCN4CCOCC4)cc3)cccc21. The highest BCUT2D eigenvalue weighted by Gasteiger charge is 2.22. The van der Waals surface area contributed by atoms with Crippen LogP contribution in [-0.2, 0) is 34.0 Å². The number of fused-ring (bicyclic) bond motifs is 1. The van der Waals surface area contributed by atoms with Gasteiger partial charge in [-0.25, -0.2) is 0 Å². The molecule has 9 nitrogen and oxygen atoms in total. The number of halogens is 2. The highest BCUT2D eigenvalue weighted by molar-refractivity contribution is 5.99. The zero-order valence-corrected chi connectivity index (χ0v) is 23.0. The highest BCUT2D eigenvalue weighted by atomic mass is 35.5. The molecule has 3 N–H and O–H groups in total. The van der Waals surface area contributed by atoms with Crippen LogP contribution >= 0.6 is 24.8 Å². The first kappa shape index (κ1) is 31.5.